The minimum absolute atomic E-state index is 0.206. The van der Waals surface area contributed by atoms with Gasteiger partial charge in [-0.3, -0.25) is 19.4 Å². The van der Waals surface area contributed by atoms with Crippen molar-refractivity contribution in [2.24, 2.45) is 0 Å². The molecule has 0 saturated carbocycles. The van der Waals surface area contributed by atoms with Crippen LogP contribution in [0.5, 0.6) is 0 Å². The van der Waals surface area contributed by atoms with E-state index in [9.17, 15) is 14.4 Å². The zero-order chi connectivity index (χ0) is 17.3. The highest BCUT2D eigenvalue weighted by molar-refractivity contribution is 6.22. The van der Waals surface area contributed by atoms with Crippen molar-refractivity contribution < 1.29 is 14.4 Å². The average molecular weight is 322 g/mol. The van der Waals surface area contributed by atoms with Crippen LogP contribution in [-0.4, -0.2) is 41.7 Å². The predicted octanol–water partition coefficient (Wildman–Crippen LogP) is 2.22. The van der Waals surface area contributed by atoms with Crippen LogP contribution in [-0.2, 0) is 21.4 Å². The van der Waals surface area contributed by atoms with E-state index in [1.807, 2.05) is 36.4 Å². The molecule has 1 aliphatic rings. The Kier molecular flexibility index (Phi) is 3.93. The van der Waals surface area contributed by atoms with Crippen LogP contribution in [0, 0.1) is 0 Å². The Balaban J connectivity index is 2.20. The van der Waals surface area contributed by atoms with E-state index in [1.165, 1.54) is 14.1 Å². The molecule has 1 saturated heterocycles. The summed E-state index contributed by atoms with van der Waals surface area (Å²) in [5.74, 6) is -0.990. The smallest absolute Gasteiger partial charge is 0.273 e. The van der Waals surface area contributed by atoms with Gasteiger partial charge in [-0.2, -0.15) is 0 Å². The number of benzene rings is 2. The first-order valence-corrected chi connectivity index (χ1v) is 7.68. The molecule has 1 fully saturated rings. The number of nitrogens with zero attached hydrogens (tertiary/aromatic N) is 2. The Bertz CT molecular complexity index is 763. The zero-order valence-electron chi connectivity index (χ0n) is 13.6. The predicted molar refractivity (Wildman–Crippen MR) is 89.2 cm³/mol. The molecule has 0 aliphatic carbocycles. The number of hydrogen-bond acceptors (Lipinski definition) is 3. The fourth-order valence-corrected chi connectivity index (χ4v) is 3.19. The first-order valence-electron chi connectivity index (χ1n) is 7.68. The van der Waals surface area contributed by atoms with Crippen molar-refractivity contribution in [2.45, 2.75) is 11.8 Å². The highest BCUT2D eigenvalue weighted by atomic mass is 16.2. The SMILES string of the molecule is CN1C(=O)N(C)C(=O)C(Cc2ccccc2)(c2ccccc2)C1=O. The third-order valence-electron chi connectivity index (χ3n) is 4.49. The molecular weight excluding hydrogens is 304 g/mol. The molecule has 2 aromatic rings. The second-order valence-electron chi connectivity index (χ2n) is 5.94. The summed E-state index contributed by atoms with van der Waals surface area (Å²) in [5, 5.41) is 0. The van der Waals surface area contributed by atoms with Crippen molar-refractivity contribution in [3.05, 3.63) is 71.8 Å². The van der Waals surface area contributed by atoms with Gasteiger partial charge in [-0.25, -0.2) is 4.79 Å². The topological polar surface area (TPSA) is 57.7 Å². The van der Waals surface area contributed by atoms with E-state index >= 15 is 0 Å². The highest BCUT2D eigenvalue weighted by Gasteiger charge is 2.56. The fourth-order valence-electron chi connectivity index (χ4n) is 3.19. The summed E-state index contributed by atoms with van der Waals surface area (Å²) in [4.78, 5) is 40.3. The molecule has 1 heterocycles. The van der Waals surface area contributed by atoms with Crippen molar-refractivity contribution in [2.75, 3.05) is 14.1 Å². The largest absolute Gasteiger partial charge is 0.332 e. The Morgan fingerprint density at radius 3 is 1.71 bits per heavy atom. The molecule has 0 N–H and O–H groups in total. The van der Waals surface area contributed by atoms with Crippen LogP contribution in [0.2, 0.25) is 0 Å². The number of hydrogen-bond donors (Lipinski definition) is 0. The van der Waals surface area contributed by atoms with Gasteiger partial charge in [0.25, 0.3) is 11.8 Å². The quantitative estimate of drug-likeness (QED) is 0.814. The van der Waals surface area contributed by atoms with E-state index in [2.05, 4.69) is 0 Å². The maximum absolute atomic E-state index is 13.1. The minimum atomic E-state index is -1.43. The van der Waals surface area contributed by atoms with E-state index in [4.69, 9.17) is 0 Å². The second-order valence-corrected chi connectivity index (χ2v) is 5.94. The summed E-state index contributed by atoms with van der Waals surface area (Å²) < 4.78 is 0. The number of carbonyl (C=O) groups excluding carboxylic acids is 3. The van der Waals surface area contributed by atoms with Crippen LogP contribution in [0.4, 0.5) is 4.79 Å². The molecule has 122 valence electrons. The first-order chi connectivity index (χ1) is 11.5. The monoisotopic (exact) mass is 322 g/mol. The van der Waals surface area contributed by atoms with E-state index in [0.29, 0.717) is 5.56 Å². The molecule has 0 unspecified atom stereocenters. The molecule has 2 aromatic carbocycles. The average Bonchev–Trinajstić information content (AvgIpc) is 2.63. The lowest BCUT2D eigenvalue weighted by Gasteiger charge is -2.42. The van der Waals surface area contributed by atoms with E-state index in [0.717, 1.165) is 15.4 Å². The van der Waals surface area contributed by atoms with E-state index in [-0.39, 0.29) is 6.42 Å². The molecule has 3 rings (SSSR count). The van der Waals surface area contributed by atoms with Crippen molar-refractivity contribution in [3.63, 3.8) is 0 Å². The number of amides is 4. The Morgan fingerprint density at radius 1 is 0.750 bits per heavy atom. The first kappa shape index (κ1) is 15.9. The number of urea groups is 1. The number of carbonyl (C=O) groups is 3. The molecule has 0 atom stereocenters. The number of imide groups is 2. The Labute approximate surface area is 140 Å². The van der Waals surface area contributed by atoms with Crippen molar-refractivity contribution >= 4 is 17.8 Å². The molecule has 1 aliphatic heterocycles. The van der Waals surface area contributed by atoms with Crippen LogP contribution >= 0.6 is 0 Å². The molecular formula is C19H18N2O3. The molecule has 5 nitrogen and oxygen atoms in total. The van der Waals surface area contributed by atoms with Gasteiger partial charge in [0.15, 0.2) is 5.41 Å². The number of barbiturate groups is 1. The fraction of sp³-hybridized carbons (Fsp3) is 0.211. The van der Waals surface area contributed by atoms with Crippen molar-refractivity contribution in [3.8, 4) is 0 Å². The third-order valence-corrected chi connectivity index (χ3v) is 4.49. The second kappa shape index (κ2) is 5.92. The number of rotatable bonds is 3. The minimum Gasteiger partial charge on any atom is -0.273 e. The summed E-state index contributed by atoms with van der Waals surface area (Å²) in [6.45, 7) is 0. The lowest BCUT2D eigenvalue weighted by atomic mass is 9.72. The van der Waals surface area contributed by atoms with Gasteiger partial charge < -0.3 is 0 Å². The lowest BCUT2D eigenvalue weighted by molar-refractivity contribution is -0.150. The van der Waals surface area contributed by atoms with Crippen molar-refractivity contribution in [1.82, 2.24) is 9.80 Å². The standard InChI is InChI=1S/C19H18N2O3/c1-20-16(22)19(15-11-7-4-8-12-15,17(23)21(2)18(20)24)13-14-9-5-3-6-10-14/h3-12H,13H2,1-2H3. The van der Waals surface area contributed by atoms with Crippen LogP contribution in [0.15, 0.2) is 60.7 Å². The summed E-state index contributed by atoms with van der Waals surface area (Å²) in [5.41, 5.74) is 0.0225. The van der Waals surface area contributed by atoms with Gasteiger partial charge in [-0.1, -0.05) is 60.7 Å². The van der Waals surface area contributed by atoms with E-state index < -0.39 is 23.3 Å². The van der Waals surface area contributed by atoms with Crippen LogP contribution in [0.1, 0.15) is 11.1 Å². The highest BCUT2D eigenvalue weighted by Crippen LogP contribution is 2.36. The van der Waals surface area contributed by atoms with Gasteiger partial charge in [0.1, 0.15) is 0 Å². The Hall–Kier alpha value is -2.95. The van der Waals surface area contributed by atoms with E-state index in [1.54, 1.807) is 24.3 Å². The van der Waals surface area contributed by atoms with Gasteiger partial charge in [-0.05, 0) is 17.5 Å². The summed E-state index contributed by atoms with van der Waals surface area (Å²) >= 11 is 0. The van der Waals surface area contributed by atoms with Gasteiger partial charge in [0, 0.05) is 14.1 Å². The zero-order valence-corrected chi connectivity index (χ0v) is 13.6. The van der Waals surface area contributed by atoms with Crippen LogP contribution in [0.25, 0.3) is 0 Å². The number of likely N-dealkylation sites (N-methyl/N-ethyl adjacent to an activating group) is 2. The molecule has 4 amide bonds. The summed E-state index contributed by atoms with van der Waals surface area (Å²) in [7, 11) is 2.83. The molecule has 0 aromatic heterocycles. The molecule has 0 bridgehead atoms. The molecule has 0 radical (unpaired) electrons. The summed E-state index contributed by atoms with van der Waals surface area (Å²) in [6, 6.07) is 17.7. The molecule has 0 spiro atoms. The van der Waals surface area contributed by atoms with Gasteiger partial charge in [0.2, 0.25) is 0 Å². The van der Waals surface area contributed by atoms with Crippen molar-refractivity contribution in [1.29, 1.82) is 0 Å². The maximum Gasteiger partial charge on any atom is 0.332 e. The lowest BCUT2D eigenvalue weighted by Crippen LogP contribution is -2.66. The normalized spacial score (nSPS) is 17.3. The van der Waals surface area contributed by atoms with Gasteiger partial charge >= 0.3 is 6.03 Å². The van der Waals surface area contributed by atoms with Crippen LogP contribution < -0.4 is 0 Å². The Morgan fingerprint density at radius 2 is 1.21 bits per heavy atom. The maximum atomic E-state index is 13.1. The summed E-state index contributed by atoms with van der Waals surface area (Å²) in [6.07, 6.45) is 0.206. The molecule has 24 heavy (non-hydrogen) atoms. The van der Waals surface area contributed by atoms with Crippen LogP contribution in [0.3, 0.4) is 0 Å². The molecule has 5 heteroatoms. The van der Waals surface area contributed by atoms with Gasteiger partial charge in [-0.15, -0.1) is 0 Å². The third kappa shape index (κ3) is 2.29. The van der Waals surface area contributed by atoms with Gasteiger partial charge in [0.05, 0.1) is 0 Å².